The second-order valence-electron chi connectivity index (χ2n) is 5.28. The summed E-state index contributed by atoms with van der Waals surface area (Å²) in [4.78, 5) is 11.2. The number of carbonyl (C=O) groups is 1. The summed E-state index contributed by atoms with van der Waals surface area (Å²) in [5.41, 5.74) is 2.89. The highest BCUT2D eigenvalue weighted by molar-refractivity contribution is 6.31. The lowest BCUT2D eigenvalue weighted by Crippen LogP contribution is -2.18. The average Bonchev–Trinajstić information content (AvgIpc) is 2.65. The number of ether oxygens (including phenoxy) is 3. The molecule has 27 heavy (non-hydrogen) atoms. The number of hydrogen-bond donors (Lipinski definition) is 1. The summed E-state index contributed by atoms with van der Waals surface area (Å²) in [7, 11) is 0. The highest BCUT2D eigenvalue weighted by atomic mass is 35.5. The maximum Gasteiger partial charge on any atom is 0.427 e. The van der Waals surface area contributed by atoms with Gasteiger partial charge in [-0.05, 0) is 49.4 Å². The Morgan fingerprint density at radius 3 is 2.52 bits per heavy atom. The van der Waals surface area contributed by atoms with Crippen molar-refractivity contribution in [1.29, 1.82) is 0 Å². The Morgan fingerprint density at radius 1 is 1.07 bits per heavy atom. The van der Waals surface area contributed by atoms with Gasteiger partial charge in [0.2, 0.25) is 0 Å². The van der Waals surface area contributed by atoms with Crippen LogP contribution in [-0.4, -0.2) is 32.1 Å². The molecule has 0 atom stereocenters. The van der Waals surface area contributed by atoms with Crippen molar-refractivity contribution in [3.05, 3.63) is 58.1 Å². The van der Waals surface area contributed by atoms with E-state index in [1.807, 2.05) is 12.1 Å². The molecule has 0 bridgehead atoms. The van der Waals surface area contributed by atoms with Crippen molar-refractivity contribution in [1.82, 2.24) is 5.43 Å². The monoisotopic (exact) mass is 410 g/mol. The van der Waals surface area contributed by atoms with Gasteiger partial charge in [0.25, 0.3) is 0 Å². The highest BCUT2D eigenvalue weighted by Gasteiger charge is 2.04. The molecule has 144 valence electrons. The molecule has 0 saturated heterocycles. The quantitative estimate of drug-likeness (QED) is 0.361. The van der Waals surface area contributed by atoms with Crippen LogP contribution in [0.25, 0.3) is 0 Å². The summed E-state index contributed by atoms with van der Waals surface area (Å²) in [6.45, 7) is 2.93. The second kappa shape index (κ2) is 11.3. The van der Waals surface area contributed by atoms with E-state index in [2.05, 4.69) is 10.5 Å². The average molecular weight is 411 g/mol. The zero-order chi connectivity index (χ0) is 19.5. The first-order valence-corrected chi connectivity index (χ1v) is 9.10. The lowest BCUT2D eigenvalue weighted by molar-refractivity contribution is 0.152. The highest BCUT2D eigenvalue weighted by Crippen LogP contribution is 2.22. The predicted octanol–water partition coefficient (Wildman–Crippen LogP) is 4.92. The molecule has 0 radical (unpaired) electrons. The second-order valence-corrected chi connectivity index (χ2v) is 6.15. The maximum absolute atomic E-state index is 11.2. The lowest BCUT2D eigenvalue weighted by atomic mass is 10.2. The van der Waals surface area contributed by atoms with E-state index in [9.17, 15) is 4.79 Å². The van der Waals surface area contributed by atoms with Crippen molar-refractivity contribution in [2.45, 2.75) is 13.3 Å². The van der Waals surface area contributed by atoms with Gasteiger partial charge in [-0.25, -0.2) is 10.2 Å². The number of nitrogens with one attached hydrogen (secondary N) is 1. The van der Waals surface area contributed by atoms with Gasteiger partial charge in [-0.15, -0.1) is 0 Å². The predicted molar refractivity (Wildman–Crippen MR) is 106 cm³/mol. The topological polar surface area (TPSA) is 69.2 Å². The van der Waals surface area contributed by atoms with Gasteiger partial charge in [0, 0.05) is 22.0 Å². The Bertz CT molecular complexity index is 767. The van der Waals surface area contributed by atoms with E-state index in [0.717, 1.165) is 5.75 Å². The van der Waals surface area contributed by atoms with Gasteiger partial charge >= 0.3 is 6.09 Å². The van der Waals surface area contributed by atoms with E-state index in [-0.39, 0.29) is 6.61 Å². The van der Waals surface area contributed by atoms with Crippen LogP contribution < -0.4 is 14.9 Å². The van der Waals surface area contributed by atoms with Crippen LogP contribution in [0.5, 0.6) is 11.5 Å². The third-order valence-electron chi connectivity index (χ3n) is 3.24. The van der Waals surface area contributed by atoms with Gasteiger partial charge in [-0.3, -0.25) is 0 Å². The van der Waals surface area contributed by atoms with Crippen molar-refractivity contribution < 1.29 is 19.0 Å². The number of nitrogens with zero attached hydrogens (tertiary/aromatic N) is 1. The van der Waals surface area contributed by atoms with Crippen LogP contribution in [0.15, 0.2) is 47.6 Å². The molecule has 0 aliphatic rings. The molecule has 0 unspecified atom stereocenters. The molecule has 2 rings (SSSR count). The van der Waals surface area contributed by atoms with Gasteiger partial charge in [-0.2, -0.15) is 5.10 Å². The van der Waals surface area contributed by atoms with Crippen molar-refractivity contribution >= 4 is 35.5 Å². The fourth-order valence-electron chi connectivity index (χ4n) is 2.03. The zero-order valence-electron chi connectivity index (χ0n) is 14.8. The van der Waals surface area contributed by atoms with Crippen LogP contribution in [0.2, 0.25) is 10.0 Å². The van der Waals surface area contributed by atoms with Gasteiger partial charge in [0.1, 0.15) is 11.5 Å². The summed E-state index contributed by atoms with van der Waals surface area (Å²) in [6.07, 6.45) is 1.50. The molecule has 0 heterocycles. The molecule has 0 aromatic heterocycles. The number of halogens is 2. The van der Waals surface area contributed by atoms with Crippen LogP contribution in [0.4, 0.5) is 4.79 Å². The van der Waals surface area contributed by atoms with Gasteiger partial charge < -0.3 is 14.2 Å². The smallest absolute Gasteiger partial charge is 0.427 e. The molecular formula is C19H20Cl2N2O4. The summed E-state index contributed by atoms with van der Waals surface area (Å²) < 4.78 is 16.1. The number of carbonyl (C=O) groups excluding carboxylic acids is 1. The van der Waals surface area contributed by atoms with E-state index in [1.54, 1.807) is 37.3 Å². The largest absolute Gasteiger partial charge is 0.493 e. The standard InChI is InChI=1S/C19H20Cl2N2O4/c1-2-25-19(24)23-22-13-14-12-16(21)6-9-18(14)27-11-3-10-26-17-7-4-15(20)5-8-17/h4-9,12-13H,2-3,10-11H2,1H3,(H,23,24)/b22-13+. The zero-order valence-corrected chi connectivity index (χ0v) is 16.3. The third kappa shape index (κ3) is 7.76. The lowest BCUT2D eigenvalue weighted by Gasteiger charge is -2.10. The molecule has 6 nitrogen and oxygen atoms in total. The van der Waals surface area contributed by atoms with E-state index in [4.69, 9.17) is 37.4 Å². The number of amides is 1. The molecule has 1 amide bonds. The van der Waals surface area contributed by atoms with Crippen molar-refractivity contribution in [2.75, 3.05) is 19.8 Å². The van der Waals surface area contributed by atoms with E-state index < -0.39 is 6.09 Å². The van der Waals surface area contributed by atoms with Gasteiger partial charge in [0.15, 0.2) is 0 Å². The molecule has 0 aliphatic heterocycles. The molecule has 0 fully saturated rings. The van der Waals surface area contributed by atoms with Gasteiger partial charge in [0.05, 0.1) is 26.0 Å². The molecule has 0 saturated carbocycles. The van der Waals surface area contributed by atoms with Crippen molar-refractivity contribution in [3.8, 4) is 11.5 Å². The Labute approximate surface area is 168 Å². The van der Waals surface area contributed by atoms with Gasteiger partial charge in [-0.1, -0.05) is 23.2 Å². The first-order chi connectivity index (χ1) is 13.1. The Morgan fingerprint density at radius 2 is 1.78 bits per heavy atom. The summed E-state index contributed by atoms with van der Waals surface area (Å²) in [5.74, 6) is 1.35. The number of hydrazone groups is 1. The maximum atomic E-state index is 11.2. The first kappa shape index (κ1) is 20.9. The number of benzene rings is 2. The van der Waals surface area contributed by atoms with Crippen LogP contribution in [0.1, 0.15) is 18.9 Å². The summed E-state index contributed by atoms with van der Waals surface area (Å²) in [6, 6.07) is 12.3. The molecule has 0 spiro atoms. The Hall–Kier alpha value is -2.44. The first-order valence-electron chi connectivity index (χ1n) is 8.35. The van der Waals surface area contributed by atoms with Crippen LogP contribution in [0.3, 0.4) is 0 Å². The SMILES string of the molecule is CCOC(=O)N/N=C/c1cc(Cl)ccc1OCCCOc1ccc(Cl)cc1. The number of hydrogen-bond acceptors (Lipinski definition) is 5. The van der Waals surface area contributed by atoms with Crippen LogP contribution in [-0.2, 0) is 4.74 Å². The Balaban J connectivity index is 1.82. The normalized spacial score (nSPS) is 10.6. The van der Waals surface area contributed by atoms with E-state index in [1.165, 1.54) is 6.21 Å². The molecule has 0 aliphatic carbocycles. The molecule has 8 heteroatoms. The van der Waals surface area contributed by atoms with E-state index in [0.29, 0.717) is 41.0 Å². The molecule has 2 aromatic rings. The minimum absolute atomic E-state index is 0.269. The molecular weight excluding hydrogens is 391 g/mol. The van der Waals surface area contributed by atoms with Crippen LogP contribution in [0, 0.1) is 0 Å². The number of rotatable bonds is 9. The molecule has 2 aromatic carbocycles. The fourth-order valence-corrected chi connectivity index (χ4v) is 2.34. The minimum Gasteiger partial charge on any atom is -0.493 e. The summed E-state index contributed by atoms with van der Waals surface area (Å²) >= 11 is 11.8. The minimum atomic E-state index is -0.627. The van der Waals surface area contributed by atoms with Crippen molar-refractivity contribution in [2.24, 2.45) is 5.10 Å². The Kier molecular flexibility index (Phi) is 8.74. The van der Waals surface area contributed by atoms with Crippen LogP contribution >= 0.6 is 23.2 Å². The molecule has 1 N–H and O–H groups in total. The van der Waals surface area contributed by atoms with Crippen molar-refractivity contribution in [3.63, 3.8) is 0 Å². The van der Waals surface area contributed by atoms with E-state index >= 15 is 0 Å². The fraction of sp³-hybridized carbons (Fsp3) is 0.263. The summed E-state index contributed by atoms with van der Waals surface area (Å²) in [5, 5.41) is 5.03. The third-order valence-corrected chi connectivity index (χ3v) is 3.72.